The fourth-order valence-corrected chi connectivity index (χ4v) is 1.23. The van der Waals surface area contributed by atoms with Crippen molar-refractivity contribution in [3.05, 3.63) is 22.2 Å². The monoisotopic (exact) mass is 206 g/mol. The van der Waals surface area contributed by atoms with Gasteiger partial charge in [0, 0.05) is 10.5 Å². The molecule has 0 aliphatic carbocycles. The first kappa shape index (κ1) is 9.67. The molecule has 1 aromatic carbocycles. The van der Waals surface area contributed by atoms with E-state index in [1.165, 1.54) is 6.07 Å². The van der Waals surface area contributed by atoms with Crippen LogP contribution in [0.2, 0.25) is 10.0 Å². The molecule has 0 saturated carbocycles. The van der Waals surface area contributed by atoms with E-state index < -0.39 is 7.12 Å². The molecule has 0 unspecified atom stereocenters. The topological polar surface area (TPSA) is 60.7 Å². The van der Waals surface area contributed by atoms with Gasteiger partial charge in [-0.3, -0.25) is 0 Å². The molecule has 3 nitrogen and oxygen atoms in total. The van der Waals surface area contributed by atoms with Crippen LogP contribution in [0.4, 0.5) is 0 Å². The van der Waals surface area contributed by atoms with E-state index in [0.717, 1.165) is 6.07 Å². The van der Waals surface area contributed by atoms with E-state index in [-0.39, 0.29) is 21.3 Å². The Hall–Kier alpha value is -0.415. The summed E-state index contributed by atoms with van der Waals surface area (Å²) in [5, 5.41) is 26.7. The van der Waals surface area contributed by atoms with Gasteiger partial charge >= 0.3 is 7.12 Å². The summed E-state index contributed by atoms with van der Waals surface area (Å²) >= 11 is 11.1. The zero-order valence-electron chi connectivity index (χ0n) is 5.83. The van der Waals surface area contributed by atoms with E-state index in [4.69, 9.17) is 38.4 Å². The largest absolute Gasteiger partial charge is 0.506 e. The third-order valence-electron chi connectivity index (χ3n) is 1.34. The minimum atomic E-state index is -1.71. The van der Waals surface area contributed by atoms with Gasteiger partial charge in [-0.1, -0.05) is 23.2 Å². The molecule has 0 aliphatic rings. The lowest BCUT2D eigenvalue weighted by Gasteiger charge is -2.04. The number of phenols is 1. The first-order chi connectivity index (χ1) is 5.52. The third-order valence-corrected chi connectivity index (χ3v) is 1.97. The van der Waals surface area contributed by atoms with Crippen LogP contribution in [-0.4, -0.2) is 22.3 Å². The minimum absolute atomic E-state index is 0.0265. The second kappa shape index (κ2) is 3.54. The Kier molecular flexibility index (Phi) is 2.85. The van der Waals surface area contributed by atoms with Crippen LogP contribution in [0.5, 0.6) is 5.75 Å². The molecule has 0 radical (unpaired) electrons. The van der Waals surface area contributed by atoms with E-state index in [0.29, 0.717) is 0 Å². The van der Waals surface area contributed by atoms with Gasteiger partial charge in [0.2, 0.25) is 0 Å². The Labute approximate surface area is 79.3 Å². The highest BCUT2D eigenvalue weighted by atomic mass is 35.5. The molecule has 3 N–H and O–H groups in total. The van der Waals surface area contributed by atoms with E-state index >= 15 is 0 Å². The maximum Gasteiger partial charge on any atom is 0.490 e. The third kappa shape index (κ3) is 1.84. The normalized spacial score (nSPS) is 10.0. The van der Waals surface area contributed by atoms with Gasteiger partial charge in [-0.25, -0.2) is 0 Å². The summed E-state index contributed by atoms with van der Waals surface area (Å²) < 4.78 is 0. The summed E-state index contributed by atoms with van der Waals surface area (Å²) in [4.78, 5) is 0. The van der Waals surface area contributed by atoms with Gasteiger partial charge in [-0.05, 0) is 12.1 Å². The number of hydrogen-bond donors (Lipinski definition) is 3. The molecule has 0 fully saturated rings. The molecule has 0 heterocycles. The summed E-state index contributed by atoms with van der Waals surface area (Å²) in [5.74, 6) is -0.232. The molecule has 0 atom stereocenters. The lowest BCUT2D eigenvalue weighted by Crippen LogP contribution is -2.30. The molecule has 0 aliphatic heterocycles. The highest BCUT2D eigenvalue weighted by molar-refractivity contribution is 6.63. The maximum atomic E-state index is 9.06. The average Bonchev–Trinajstić information content (AvgIpc) is 1.96. The van der Waals surface area contributed by atoms with Crippen LogP contribution >= 0.6 is 23.2 Å². The summed E-state index contributed by atoms with van der Waals surface area (Å²) in [6, 6.07) is 2.35. The molecule has 1 rings (SSSR count). The van der Waals surface area contributed by atoms with Gasteiger partial charge in [0.25, 0.3) is 0 Å². The van der Waals surface area contributed by atoms with E-state index in [1.54, 1.807) is 0 Å². The van der Waals surface area contributed by atoms with Crippen molar-refractivity contribution in [1.82, 2.24) is 0 Å². The van der Waals surface area contributed by atoms with Crippen LogP contribution in [0.3, 0.4) is 0 Å². The Morgan fingerprint density at radius 3 is 2.17 bits per heavy atom. The van der Waals surface area contributed by atoms with Crippen molar-refractivity contribution in [2.45, 2.75) is 0 Å². The Bertz CT molecular complexity index is 303. The van der Waals surface area contributed by atoms with Crippen molar-refractivity contribution in [2.75, 3.05) is 0 Å². The Morgan fingerprint density at radius 2 is 1.67 bits per heavy atom. The lowest BCUT2D eigenvalue weighted by atomic mass is 9.80. The molecule has 0 saturated heterocycles. The van der Waals surface area contributed by atoms with Gasteiger partial charge in [0.1, 0.15) is 5.75 Å². The molecular weight excluding hydrogens is 202 g/mol. The van der Waals surface area contributed by atoms with Crippen molar-refractivity contribution in [2.24, 2.45) is 0 Å². The van der Waals surface area contributed by atoms with Gasteiger partial charge in [-0.2, -0.15) is 0 Å². The van der Waals surface area contributed by atoms with Crippen molar-refractivity contribution >= 4 is 35.8 Å². The second-order valence-corrected chi connectivity index (χ2v) is 3.01. The second-order valence-electron chi connectivity index (χ2n) is 2.20. The fourth-order valence-electron chi connectivity index (χ4n) is 0.752. The first-order valence-corrected chi connectivity index (χ1v) is 3.82. The molecule has 0 amide bonds. The van der Waals surface area contributed by atoms with Crippen LogP contribution in [0.1, 0.15) is 0 Å². The van der Waals surface area contributed by atoms with Crippen LogP contribution < -0.4 is 5.46 Å². The van der Waals surface area contributed by atoms with Gasteiger partial charge < -0.3 is 15.2 Å². The van der Waals surface area contributed by atoms with Crippen molar-refractivity contribution in [1.29, 1.82) is 0 Å². The van der Waals surface area contributed by atoms with Crippen LogP contribution in [0.15, 0.2) is 12.1 Å². The molecule has 0 bridgehead atoms. The lowest BCUT2D eigenvalue weighted by molar-refractivity contribution is 0.424. The molecule has 6 heteroatoms. The zero-order valence-corrected chi connectivity index (χ0v) is 7.34. The van der Waals surface area contributed by atoms with Crippen molar-refractivity contribution in [3.63, 3.8) is 0 Å². The number of hydrogen-bond acceptors (Lipinski definition) is 3. The Balaban J connectivity index is 3.23. The van der Waals surface area contributed by atoms with Gasteiger partial charge in [0.05, 0.1) is 5.02 Å². The van der Waals surface area contributed by atoms with Crippen molar-refractivity contribution < 1.29 is 15.2 Å². The quantitative estimate of drug-likeness (QED) is 0.583. The van der Waals surface area contributed by atoms with Gasteiger partial charge in [0.15, 0.2) is 0 Å². The smallest absolute Gasteiger partial charge is 0.490 e. The van der Waals surface area contributed by atoms with E-state index in [9.17, 15) is 0 Å². The molecule has 64 valence electrons. The van der Waals surface area contributed by atoms with Crippen LogP contribution in [0.25, 0.3) is 0 Å². The summed E-state index contributed by atoms with van der Waals surface area (Å²) in [6.45, 7) is 0. The van der Waals surface area contributed by atoms with E-state index in [2.05, 4.69) is 0 Å². The predicted molar refractivity (Wildman–Crippen MR) is 48.0 cm³/mol. The Morgan fingerprint density at radius 1 is 1.08 bits per heavy atom. The SMILES string of the molecule is OB(O)c1cc(O)c(Cl)cc1Cl. The first-order valence-electron chi connectivity index (χ1n) is 3.06. The molecule has 0 aromatic heterocycles. The highest BCUT2D eigenvalue weighted by Crippen LogP contribution is 2.24. The maximum absolute atomic E-state index is 9.06. The zero-order chi connectivity index (χ0) is 9.30. The number of aromatic hydroxyl groups is 1. The molecule has 1 aromatic rings. The van der Waals surface area contributed by atoms with Crippen LogP contribution in [0, 0.1) is 0 Å². The summed E-state index contributed by atoms with van der Waals surface area (Å²) in [7, 11) is -1.71. The van der Waals surface area contributed by atoms with Gasteiger partial charge in [-0.15, -0.1) is 0 Å². The summed E-state index contributed by atoms with van der Waals surface area (Å²) in [6.07, 6.45) is 0. The molecule has 12 heavy (non-hydrogen) atoms. The van der Waals surface area contributed by atoms with Crippen molar-refractivity contribution in [3.8, 4) is 5.75 Å². The number of benzene rings is 1. The van der Waals surface area contributed by atoms with Crippen LogP contribution in [-0.2, 0) is 0 Å². The predicted octanol–water partition coefficient (Wildman–Crippen LogP) is 0.379. The number of rotatable bonds is 1. The average molecular weight is 207 g/mol. The fraction of sp³-hybridized carbons (Fsp3) is 0. The van der Waals surface area contributed by atoms with E-state index in [1.807, 2.05) is 0 Å². The number of halogens is 2. The standard InChI is InChI=1S/C6H5BCl2O3/c8-4-2-5(9)6(10)1-3(4)7(11)12/h1-2,10-12H. The molecule has 0 spiro atoms. The number of phenolic OH excluding ortho intramolecular Hbond substituents is 1. The minimum Gasteiger partial charge on any atom is -0.506 e. The highest BCUT2D eigenvalue weighted by Gasteiger charge is 2.17. The molecular formula is C6H5BCl2O3. The summed E-state index contributed by atoms with van der Waals surface area (Å²) in [5.41, 5.74) is 0.0265.